The van der Waals surface area contributed by atoms with E-state index in [1.807, 2.05) is 11.9 Å². The molecular weight excluding hydrogens is 220 g/mol. The van der Waals surface area contributed by atoms with Crippen molar-refractivity contribution in [3.63, 3.8) is 0 Å². The Morgan fingerprint density at radius 2 is 2.06 bits per heavy atom. The highest BCUT2D eigenvalue weighted by molar-refractivity contribution is 6.00. The number of carboxylic acids is 1. The lowest BCUT2D eigenvalue weighted by molar-refractivity contribution is 0.0696. The summed E-state index contributed by atoms with van der Waals surface area (Å²) in [4.78, 5) is 24.1. The van der Waals surface area contributed by atoms with E-state index in [2.05, 4.69) is 0 Å². The van der Waals surface area contributed by atoms with Crippen LogP contribution in [0.1, 0.15) is 33.6 Å². The molecule has 1 fully saturated rings. The van der Waals surface area contributed by atoms with Crippen LogP contribution in [0.15, 0.2) is 18.2 Å². The zero-order valence-electron chi connectivity index (χ0n) is 9.51. The summed E-state index contributed by atoms with van der Waals surface area (Å²) in [5.41, 5.74) is 6.41. The number of nitrogens with two attached hydrogens (primary N) is 1. The van der Waals surface area contributed by atoms with Gasteiger partial charge in [0, 0.05) is 13.1 Å². The standard InChI is InChI=1S/C12H14N2O3/c1-14(8-3-4-8)10-6-7(12(16)17)2-5-9(10)11(13)15/h2,5-6,8H,3-4H2,1H3,(H2,13,15)(H,16,17). The molecular formula is C12H14N2O3. The van der Waals surface area contributed by atoms with Crippen molar-refractivity contribution in [2.75, 3.05) is 11.9 Å². The molecule has 90 valence electrons. The summed E-state index contributed by atoms with van der Waals surface area (Å²) in [6, 6.07) is 4.75. The third-order valence-corrected chi connectivity index (χ3v) is 2.98. The molecule has 1 aromatic rings. The highest BCUT2D eigenvalue weighted by Gasteiger charge is 2.28. The molecule has 0 aliphatic heterocycles. The summed E-state index contributed by atoms with van der Waals surface area (Å²) in [6.45, 7) is 0. The van der Waals surface area contributed by atoms with Crippen LogP contribution in [-0.2, 0) is 0 Å². The number of benzene rings is 1. The molecule has 0 radical (unpaired) electrons. The van der Waals surface area contributed by atoms with Crippen LogP contribution in [0, 0.1) is 0 Å². The second-order valence-electron chi connectivity index (χ2n) is 4.24. The predicted octanol–water partition coefficient (Wildman–Crippen LogP) is 1.08. The fraction of sp³-hybridized carbons (Fsp3) is 0.333. The van der Waals surface area contributed by atoms with Gasteiger partial charge in [0.25, 0.3) is 5.91 Å². The minimum Gasteiger partial charge on any atom is -0.478 e. The molecule has 17 heavy (non-hydrogen) atoms. The van der Waals surface area contributed by atoms with Crippen molar-refractivity contribution in [2.24, 2.45) is 5.73 Å². The van der Waals surface area contributed by atoms with E-state index in [9.17, 15) is 9.59 Å². The summed E-state index contributed by atoms with van der Waals surface area (Å²) < 4.78 is 0. The summed E-state index contributed by atoms with van der Waals surface area (Å²) in [5, 5.41) is 8.94. The van der Waals surface area contributed by atoms with Gasteiger partial charge in [-0.15, -0.1) is 0 Å². The van der Waals surface area contributed by atoms with Crippen LogP contribution in [0.5, 0.6) is 0 Å². The minimum absolute atomic E-state index is 0.164. The second-order valence-corrected chi connectivity index (χ2v) is 4.24. The molecule has 0 atom stereocenters. The lowest BCUT2D eigenvalue weighted by Gasteiger charge is -2.21. The summed E-state index contributed by atoms with van der Waals surface area (Å²) in [7, 11) is 1.85. The van der Waals surface area contributed by atoms with Gasteiger partial charge in [-0.2, -0.15) is 0 Å². The Kier molecular flexibility index (Phi) is 2.75. The minimum atomic E-state index is -1.01. The van der Waals surface area contributed by atoms with E-state index in [4.69, 9.17) is 10.8 Å². The molecule has 0 bridgehead atoms. The van der Waals surface area contributed by atoms with Gasteiger partial charge in [0.2, 0.25) is 0 Å². The third kappa shape index (κ3) is 2.22. The Balaban J connectivity index is 2.46. The number of nitrogens with zero attached hydrogens (tertiary/aromatic N) is 1. The van der Waals surface area contributed by atoms with Crippen molar-refractivity contribution in [2.45, 2.75) is 18.9 Å². The lowest BCUT2D eigenvalue weighted by atomic mass is 10.1. The number of primary amides is 1. The molecule has 3 N–H and O–H groups in total. The van der Waals surface area contributed by atoms with Crippen molar-refractivity contribution in [1.29, 1.82) is 0 Å². The second kappa shape index (κ2) is 4.08. The zero-order chi connectivity index (χ0) is 12.6. The highest BCUT2D eigenvalue weighted by Crippen LogP contribution is 2.32. The first-order valence-corrected chi connectivity index (χ1v) is 5.40. The molecule has 1 aliphatic rings. The van der Waals surface area contributed by atoms with Crippen molar-refractivity contribution in [3.05, 3.63) is 29.3 Å². The smallest absolute Gasteiger partial charge is 0.335 e. The third-order valence-electron chi connectivity index (χ3n) is 2.98. The Labute approximate surface area is 98.8 Å². The number of hydrogen-bond acceptors (Lipinski definition) is 3. The summed E-state index contributed by atoms with van der Waals surface area (Å²) >= 11 is 0. The molecule has 0 heterocycles. The molecule has 0 spiro atoms. The topological polar surface area (TPSA) is 83.6 Å². The molecule has 1 aliphatic carbocycles. The van der Waals surface area contributed by atoms with Gasteiger partial charge in [-0.25, -0.2) is 4.79 Å². The van der Waals surface area contributed by atoms with E-state index in [0.29, 0.717) is 17.3 Å². The van der Waals surface area contributed by atoms with Crippen LogP contribution in [0.2, 0.25) is 0 Å². The first-order chi connectivity index (χ1) is 8.00. The maximum atomic E-state index is 11.3. The van der Waals surface area contributed by atoms with Gasteiger partial charge in [0.1, 0.15) is 0 Å². The summed E-state index contributed by atoms with van der Waals surface area (Å²) in [5.74, 6) is -1.55. The zero-order valence-corrected chi connectivity index (χ0v) is 9.51. The number of amides is 1. The Morgan fingerprint density at radius 3 is 2.53 bits per heavy atom. The summed E-state index contributed by atoms with van der Waals surface area (Å²) in [6.07, 6.45) is 2.12. The van der Waals surface area contributed by atoms with Crippen LogP contribution in [0.4, 0.5) is 5.69 Å². The Hall–Kier alpha value is -2.04. The fourth-order valence-corrected chi connectivity index (χ4v) is 1.82. The first kappa shape index (κ1) is 11.4. The van der Waals surface area contributed by atoms with E-state index in [1.165, 1.54) is 18.2 Å². The van der Waals surface area contributed by atoms with Crippen molar-refractivity contribution in [1.82, 2.24) is 0 Å². The van der Waals surface area contributed by atoms with E-state index in [1.54, 1.807) is 0 Å². The average Bonchev–Trinajstić information content (AvgIpc) is 3.10. The number of aromatic carboxylic acids is 1. The maximum Gasteiger partial charge on any atom is 0.335 e. The molecule has 1 aromatic carbocycles. The number of carboxylic acid groups (broad SMARTS) is 1. The number of rotatable bonds is 4. The van der Waals surface area contributed by atoms with Gasteiger partial charge in [-0.05, 0) is 31.0 Å². The lowest BCUT2D eigenvalue weighted by Crippen LogP contribution is -2.24. The van der Waals surface area contributed by atoms with Gasteiger partial charge in [0.05, 0.1) is 16.8 Å². The molecule has 5 heteroatoms. The molecule has 1 amide bonds. The quantitative estimate of drug-likeness (QED) is 0.816. The van der Waals surface area contributed by atoms with Crippen LogP contribution < -0.4 is 10.6 Å². The number of hydrogen-bond donors (Lipinski definition) is 2. The van der Waals surface area contributed by atoms with Crippen molar-refractivity contribution in [3.8, 4) is 0 Å². The first-order valence-electron chi connectivity index (χ1n) is 5.40. The maximum absolute atomic E-state index is 11.3. The largest absolute Gasteiger partial charge is 0.478 e. The molecule has 0 aromatic heterocycles. The monoisotopic (exact) mass is 234 g/mol. The molecule has 0 unspecified atom stereocenters. The SMILES string of the molecule is CN(c1cc(C(=O)O)ccc1C(N)=O)C1CC1. The van der Waals surface area contributed by atoms with Gasteiger partial charge in [-0.1, -0.05) is 0 Å². The number of anilines is 1. The van der Waals surface area contributed by atoms with Gasteiger partial charge >= 0.3 is 5.97 Å². The van der Waals surface area contributed by atoms with Crippen molar-refractivity contribution < 1.29 is 14.7 Å². The van der Waals surface area contributed by atoms with Crippen LogP contribution in [-0.4, -0.2) is 30.1 Å². The van der Waals surface area contributed by atoms with Gasteiger partial charge in [0.15, 0.2) is 0 Å². The molecule has 0 saturated heterocycles. The van der Waals surface area contributed by atoms with Crippen LogP contribution >= 0.6 is 0 Å². The fourth-order valence-electron chi connectivity index (χ4n) is 1.82. The van der Waals surface area contributed by atoms with E-state index in [-0.39, 0.29) is 5.56 Å². The number of carbonyl (C=O) groups excluding carboxylic acids is 1. The van der Waals surface area contributed by atoms with Crippen LogP contribution in [0.3, 0.4) is 0 Å². The van der Waals surface area contributed by atoms with Crippen molar-refractivity contribution >= 4 is 17.6 Å². The number of carbonyl (C=O) groups is 2. The molecule has 5 nitrogen and oxygen atoms in total. The molecule has 2 rings (SSSR count). The van der Waals surface area contributed by atoms with E-state index >= 15 is 0 Å². The Morgan fingerprint density at radius 1 is 1.41 bits per heavy atom. The highest BCUT2D eigenvalue weighted by atomic mass is 16.4. The van der Waals surface area contributed by atoms with Gasteiger partial charge in [-0.3, -0.25) is 4.79 Å². The Bertz CT molecular complexity index is 481. The normalized spacial score (nSPS) is 14.4. The average molecular weight is 234 g/mol. The van der Waals surface area contributed by atoms with Gasteiger partial charge < -0.3 is 15.7 Å². The molecule has 1 saturated carbocycles. The predicted molar refractivity (Wildman–Crippen MR) is 63.3 cm³/mol. The van der Waals surface area contributed by atoms with E-state index < -0.39 is 11.9 Å². The van der Waals surface area contributed by atoms with E-state index in [0.717, 1.165) is 12.8 Å². The van der Waals surface area contributed by atoms with Crippen LogP contribution in [0.25, 0.3) is 0 Å².